The van der Waals surface area contributed by atoms with E-state index >= 15 is 0 Å². The van der Waals surface area contributed by atoms with Gasteiger partial charge in [-0.1, -0.05) is 18.5 Å². The van der Waals surface area contributed by atoms with Crippen molar-refractivity contribution in [3.63, 3.8) is 0 Å². The van der Waals surface area contributed by atoms with Crippen LogP contribution in [0, 0.1) is 0 Å². The Bertz CT molecular complexity index is 653. The Hall–Kier alpha value is -1.78. The maximum absolute atomic E-state index is 11.5. The van der Waals surface area contributed by atoms with Gasteiger partial charge in [-0.2, -0.15) is 0 Å². The lowest BCUT2D eigenvalue weighted by molar-refractivity contribution is -0.115. The van der Waals surface area contributed by atoms with Crippen LogP contribution in [0.15, 0.2) is 34.9 Å². The lowest BCUT2D eigenvalue weighted by Crippen LogP contribution is -2.23. The minimum absolute atomic E-state index is 0.00860. The summed E-state index contributed by atoms with van der Waals surface area (Å²) < 4.78 is 5.54. The summed E-state index contributed by atoms with van der Waals surface area (Å²) in [6.45, 7) is 2.97. The normalized spacial score (nSPS) is 14.9. The smallest absolute Gasteiger partial charge is 0.228 e. The van der Waals surface area contributed by atoms with Crippen molar-refractivity contribution in [2.45, 2.75) is 25.8 Å². The topological polar surface area (TPSA) is 54.3 Å². The number of benzene rings is 1. The number of anilines is 1. The van der Waals surface area contributed by atoms with Crippen LogP contribution in [-0.2, 0) is 11.2 Å². The third-order valence-corrected chi connectivity index (χ3v) is 3.91. The number of hydrogen-bond acceptors (Lipinski definition) is 3. The van der Waals surface area contributed by atoms with Gasteiger partial charge in [0.15, 0.2) is 0 Å². The van der Waals surface area contributed by atoms with Crippen molar-refractivity contribution in [2.75, 3.05) is 11.9 Å². The number of carbonyl (C=O) groups is 1. The van der Waals surface area contributed by atoms with E-state index in [1.54, 1.807) is 6.26 Å². The molecule has 0 radical (unpaired) electrons. The highest BCUT2D eigenvalue weighted by atomic mass is 35.5. The highest BCUT2D eigenvalue weighted by molar-refractivity contribution is 6.32. The first kappa shape index (κ1) is 14.2. The molecule has 0 saturated heterocycles. The third kappa shape index (κ3) is 2.82. The van der Waals surface area contributed by atoms with E-state index in [0.717, 1.165) is 35.5 Å². The maximum Gasteiger partial charge on any atom is 0.228 e. The number of fused-ring (bicyclic) bond motifs is 1. The van der Waals surface area contributed by atoms with Crippen LogP contribution in [0.2, 0.25) is 5.02 Å². The SMILES string of the molecule is CCCNC(c1ccco1)c1cc2c(cc1Cl)NC(=O)C2. The van der Waals surface area contributed by atoms with Gasteiger partial charge in [-0.25, -0.2) is 0 Å². The van der Waals surface area contributed by atoms with Crippen molar-refractivity contribution in [1.29, 1.82) is 0 Å². The van der Waals surface area contributed by atoms with Gasteiger partial charge in [0.2, 0.25) is 5.91 Å². The second-order valence-corrected chi connectivity index (χ2v) is 5.57. The number of carbonyl (C=O) groups excluding carboxylic acids is 1. The van der Waals surface area contributed by atoms with Gasteiger partial charge >= 0.3 is 0 Å². The van der Waals surface area contributed by atoms with Crippen molar-refractivity contribution >= 4 is 23.2 Å². The lowest BCUT2D eigenvalue weighted by Gasteiger charge is -2.19. The summed E-state index contributed by atoms with van der Waals surface area (Å²) in [6.07, 6.45) is 3.07. The number of amides is 1. The Kier molecular flexibility index (Phi) is 3.99. The molecule has 4 nitrogen and oxygen atoms in total. The van der Waals surface area contributed by atoms with Crippen LogP contribution < -0.4 is 10.6 Å². The van der Waals surface area contributed by atoms with E-state index in [1.807, 2.05) is 24.3 Å². The molecule has 0 aliphatic carbocycles. The van der Waals surface area contributed by atoms with Crippen LogP contribution in [0.1, 0.15) is 36.3 Å². The minimum Gasteiger partial charge on any atom is -0.467 e. The molecule has 0 bridgehead atoms. The predicted molar refractivity (Wildman–Crippen MR) is 82.6 cm³/mol. The van der Waals surface area contributed by atoms with Gasteiger partial charge in [0.25, 0.3) is 0 Å². The number of hydrogen-bond donors (Lipinski definition) is 2. The molecule has 0 saturated carbocycles. The largest absolute Gasteiger partial charge is 0.467 e. The van der Waals surface area contributed by atoms with Crippen molar-refractivity contribution < 1.29 is 9.21 Å². The predicted octanol–water partition coefficient (Wildman–Crippen LogP) is 3.52. The Labute approximate surface area is 128 Å². The van der Waals surface area contributed by atoms with Crippen LogP contribution >= 0.6 is 11.6 Å². The van der Waals surface area contributed by atoms with Crippen molar-refractivity contribution in [3.8, 4) is 0 Å². The fourth-order valence-corrected chi connectivity index (χ4v) is 2.87. The molecule has 2 heterocycles. The molecular weight excluding hydrogens is 288 g/mol. The first-order valence-electron chi connectivity index (χ1n) is 7.08. The van der Waals surface area contributed by atoms with Crippen LogP contribution in [0.4, 0.5) is 5.69 Å². The Balaban J connectivity index is 1.99. The quantitative estimate of drug-likeness (QED) is 0.888. The molecule has 1 amide bonds. The fraction of sp³-hybridized carbons (Fsp3) is 0.312. The van der Waals surface area contributed by atoms with E-state index in [4.69, 9.17) is 16.0 Å². The molecule has 1 aromatic carbocycles. The zero-order valence-electron chi connectivity index (χ0n) is 11.8. The molecule has 0 spiro atoms. The average Bonchev–Trinajstić information content (AvgIpc) is 3.08. The van der Waals surface area contributed by atoms with E-state index in [9.17, 15) is 4.79 Å². The van der Waals surface area contributed by atoms with Crippen LogP contribution in [0.3, 0.4) is 0 Å². The van der Waals surface area contributed by atoms with E-state index < -0.39 is 0 Å². The molecule has 1 aromatic heterocycles. The highest BCUT2D eigenvalue weighted by Crippen LogP contribution is 2.35. The Morgan fingerprint density at radius 1 is 1.48 bits per heavy atom. The fourth-order valence-electron chi connectivity index (χ4n) is 2.60. The second-order valence-electron chi connectivity index (χ2n) is 5.16. The zero-order chi connectivity index (χ0) is 14.8. The average molecular weight is 305 g/mol. The van der Waals surface area contributed by atoms with E-state index in [2.05, 4.69) is 17.6 Å². The van der Waals surface area contributed by atoms with Gasteiger partial charge in [-0.3, -0.25) is 4.79 Å². The summed E-state index contributed by atoms with van der Waals surface area (Å²) in [5.74, 6) is 0.830. The molecule has 1 aliphatic heterocycles. The van der Waals surface area contributed by atoms with Crippen LogP contribution in [0.5, 0.6) is 0 Å². The zero-order valence-corrected chi connectivity index (χ0v) is 12.5. The highest BCUT2D eigenvalue weighted by Gasteiger charge is 2.24. The van der Waals surface area contributed by atoms with Gasteiger partial charge in [0.05, 0.1) is 18.7 Å². The van der Waals surface area contributed by atoms with Gasteiger partial charge in [-0.15, -0.1) is 0 Å². The van der Waals surface area contributed by atoms with E-state index in [1.165, 1.54) is 0 Å². The minimum atomic E-state index is -0.103. The van der Waals surface area contributed by atoms with Gasteiger partial charge in [0.1, 0.15) is 5.76 Å². The summed E-state index contributed by atoms with van der Waals surface area (Å²) in [5, 5.41) is 6.89. The summed E-state index contributed by atoms with van der Waals surface area (Å²) in [5.41, 5.74) is 2.73. The first-order valence-corrected chi connectivity index (χ1v) is 7.45. The lowest BCUT2D eigenvalue weighted by atomic mass is 10.00. The van der Waals surface area contributed by atoms with Gasteiger partial charge in [0, 0.05) is 10.7 Å². The third-order valence-electron chi connectivity index (χ3n) is 3.58. The molecule has 1 atom stereocenters. The maximum atomic E-state index is 11.5. The summed E-state index contributed by atoms with van der Waals surface area (Å²) in [7, 11) is 0. The van der Waals surface area contributed by atoms with Gasteiger partial charge < -0.3 is 15.1 Å². The molecule has 5 heteroatoms. The first-order chi connectivity index (χ1) is 10.2. The van der Waals surface area contributed by atoms with Crippen molar-refractivity contribution in [1.82, 2.24) is 5.32 Å². The number of halogens is 1. The Morgan fingerprint density at radius 3 is 3.05 bits per heavy atom. The van der Waals surface area contributed by atoms with Crippen molar-refractivity contribution in [2.24, 2.45) is 0 Å². The monoisotopic (exact) mass is 304 g/mol. The molecule has 3 rings (SSSR count). The molecule has 0 fully saturated rings. The molecular formula is C16H17ClN2O2. The summed E-state index contributed by atoms with van der Waals surface area (Å²) in [6, 6.07) is 7.50. The molecule has 2 aromatic rings. The second kappa shape index (κ2) is 5.92. The van der Waals surface area contributed by atoms with E-state index in [-0.39, 0.29) is 11.9 Å². The molecule has 2 N–H and O–H groups in total. The molecule has 1 unspecified atom stereocenters. The van der Waals surface area contributed by atoms with Gasteiger partial charge in [-0.05, 0) is 48.4 Å². The molecule has 21 heavy (non-hydrogen) atoms. The van der Waals surface area contributed by atoms with E-state index in [0.29, 0.717) is 11.4 Å². The Morgan fingerprint density at radius 2 is 2.33 bits per heavy atom. The van der Waals surface area contributed by atoms with Crippen LogP contribution in [-0.4, -0.2) is 12.5 Å². The van der Waals surface area contributed by atoms with Crippen LogP contribution in [0.25, 0.3) is 0 Å². The standard InChI is InChI=1S/C16H17ClN2O2/c1-2-5-18-16(14-4-3-6-21-14)11-7-10-8-15(20)19-13(10)9-12(11)17/h3-4,6-7,9,16,18H,2,5,8H2,1H3,(H,19,20). The number of rotatable bonds is 5. The summed E-state index contributed by atoms with van der Waals surface area (Å²) in [4.78, 5) is 11.5. The molecule has 110 valence electrons. The number of furan rings is 1. The summed E-state index contributed by atoms with van der Waals surface area (Å²) >= 11 is 6.41. The van der Waals surface area contributed by atoms with Crippen molar-refractivity contribution in [3.05, 3.63) is 52.4 Å². The number of nitrogens with one attached hydrogen (secondary N) is 2. The molecule has 1 aliphatic rings.